The molecule has 0 amide bonds. The number of methoxy groups -OCH3 is 1. The Balaban J connectivity index is 2.01. The van der Waals surface area contributed by atoms with Crippen LogP contribution in [0.5, 0.6) is 5.75 Å². The van der Waals surface area contributed by atoms with Crippen LogP contribution in [0.1, 0.15) is 41.2 Å². The number of hydrogen-bond acceptors (Lipinski definition) is 3. The molecule has 3 nitrogen and oxygen atoms in total. The Labute approximate surface area is 121 Å². The van der Waals surface area contributed by atoms with Crippen LogP contribution >= 0.6 is 0 Å². The summed E-state index contributed by atoms with van der Waals surface area (Å²) in [5.41, 5.74) is 3.65. The first-order chi connectivity index (χ1) is 9.51. The minimum Gasteiger partial charge on any atom is -0.496 e. The van der Waals surface area contributed by atoms with Crippen LogP contribution < -0.4 is 10.1 Å². The predicted molar refractivity (Wildman–Crippen MR) is 81.2 cm³/mol. The standard InChI is InChI=1S/C17H23NO2/c1-11-8-15(6-7-17(11)19-5)10-18-13(3)16-9-12(2)20-14(16)4/h6-9,13,18H,10H2,1-5H3. The lowest BCUT2D eigenvalue weighted by atomic mass is 10.1. The highest BCUT2D eigenvalue weighted by molar-refractivity contribution is 5.36. The number of aryl methyl sites for hydroxylation is 3. The molecule has 108 valence electrons. The fourth-order valence-electron chi connectivity index (χ4n) is 2.51. The Morgan fingerprint density at radius 1 is 1.20 bits per heavy atom. The SMILES string of the molecule is COc1ccc(CNC(C)c2cc(C)oc2C)cc1C. The molecule has 1 atom stereocenters. The van der Waals surface area contributed by atoms with Gasteiger partial charge in [-0.15, -0.1) is 0 Å². The highest BCUT2D eigenvalue weighted by Gasteiger charge is 2.12. The Kier molecular flexibility index (Phi) is 4.50. The minimum atomic E-state index is 0.273. The molecule has 0 saturated carbocycles. The average molecular weight is 273 g/mol. The summed E-state index contributed by atoms with van der Waals surface area (Å²) >= 11 is 0. The van der Waals surface area contributed by atoms with E-state index in [-0.39, 0.29) is 6.04 Å². The van der Waals surface area contributed by atoms with E-state index >= 15 is 0 Å². The molecule has 0 aliphatic rings. The normalized spacial score (nSPS) is 12.4. The van der Waals surface area contributed by atoms with E-state index in [1.54, 1.807) is 7.11 Å². The maximum atomic E-state index is 5.58. The molecule has 0 saturated heterocycles. The molecule has 0 spiro atoms. The van der Waals surface area contributed by atoms with E-state index in [0.717, 1.165) is 29.4 Å². The molecule has 1 heterocycles. The van der Waals surface area contributed by atoms with Gasteiger partial charge in [-0.05, 0) is 51.0 Å². The highest BCUT2D eigenvalue weighted by atomic mass is 16.5. The molecule has 1 aromatic carbocycles. The van der Waals surface area contributed by atoms with Crippen LogP contribution in [0.25, 0.3) is 0 Å². The van der Waals surface area contributed by atoms with Gasteiger partial charge in [0.1, 0.15) is 17.3 Å². The van der Waals surface area contributed by atoms with Crippen LogP contribution in [-0.2, 0) is 6.54 Å². The molecule has 0 aliphatic carbocycles. The third-order valence-corrected chi connectivity index (χ3v) is 3.62. The van der Waals surface area contributed by atoms with Crippen molar-refractivity contribution in [2.24, 2.45) is 0 Å². The van der Waals surface area contributed by atoms with Crippen molar-refractivity contribution in [1.82, 2.24) is 5.32 Å². The number of hydrogen-bond donors (Lipinski definition) is 1. The summed E-state index contributed by atoms with van der Waals surface area (Å²) < 4.78 is 10.9. The third-order valence-electron chi connectivity index (χ3n) is 3.62. The Hall–Kier alpha value is -1.74. The highest BCUT2D eigenvalue weighted by Crippen LogP contribution is 2.22. The molecule has 0 radical (unpaired) electrons. The molecule has 1 N–H and O–H groups in total. The average Bonchev–Trinajstić information content (AvgIpc) is 2.75. The van der Waals surface area contributed by atoms with Crippen LogP contribution in [0.2, 0.25) is 0 Å². The summed E-state index contributed by atoms with van der Waals surface area (Å²) in [5, 5.41) is 3.53. The summed E-state index contributed by atoms with van der Waals surface area (Å²) in [5.74, 6) is 2.89. The molecule has 2 aromatic rings. The Bertz CT molecular complexity index is 587. The van der Waals surface area contributed by atoms with Crippen molar-refractivity contribution < 1.29 is 9.15 Å². The lowest BCUT2D eigenvalue weighted by Crippen LogP contribution is -2.18. The van der Waals surface area contributed by atoms with Crippen molar-refractivity contribution in [3.05, 3.63) is 52.5 Å². The molecule has 20 heavy (non-hydrogen) atoms. The summed E-state index contributed by atoms with van der Waals surface area (Å²) in [6.45, 7) is 9.05. The smallest absolute Gasteiger partial charge is 0.121 e. The number of rotatable bonds is 5. The van der Waals surface area contributed by atoms with Gasteiger partial charge in [0.15, 0.2) is 0 Å². The lowest BCUT2D eigenvalue weighted by molar-refractivity contribution is 0.411. The van der Waals surface area contributed by atoms with Gasteiger partial charge in [-0.2, -0.15) is 0 Å². The molecule has 2 rings (SSSR count). The summed E-state index contributed by atoms with van der Waals surface area (Å²) in [4.78, 5) is 0. The van der Waals surface area contributed by atoms with Gasteiger partial charge in [0.25, 0.3) is 0 Å². The number of furan rings is 1. The molecule has 0 aliphatic heterocycles. The van der Waals surface area contributed by atoms with E-state index in [0.29, 0.717) is 0 Å². The van der Waals surface area contributed by atoms with Crippen molar-refractivity contribution in [2.75, 3.05) is 7.11 Å². The van der Waals surface area contributed by atoms with Crippen LogP contribution in [0.4, 0.5) is 0 Å². The Morgan fingerprint density at radius 2 is 1.95 bits per heavy atom. The quantitative estimate of drug-likeness (QED) is 0.892. The van der Waals surface area contributed by atoms with E-state index in [2.05, 4.69) is 37.4 Å². The monoisotopic (exact) mass is 273 g/mol. The topological polar surface area (TPSA) is 34.4 Å². The van der Waals surface area contributed by atoms with Crippen LogP contribution in [0, 0.1) is 20.8 Å². The van der Waals surface area contributed by atoms with Crippen molar-refractivity contribution in [3.8, 4) is 5.75 Å². The second-order valence-electron chi connectivity index (χ2n) is 5.28. The van der Waals surface area contributed by atoms with Gasteiger partial charge in [-0.1, -0.05) is 12.1 Å². The van der Waals surface area contributed by atoms with Gasteiger partial charge in [0.2, 0.25) is 0 Å². The first-order valence-corrected chi connectivity index (χ1v) is 6.95. The molecule has 3 heteroatoms. The molecule has 1 unspecified atom stereocenters. The van der Waals surface area contributed by atoms with Gasteiger partial charge in [-0.3, -0.25) is 0 Å². The summed E-state index contributed by atoms with van der Waals surface area (Å²) in [6.07, 6.45) is 0. The fourth-order valence-corrected chi connectivity index (χ4v) is 2.51. The van der Waals surface area contributed by atoms with Crippen LogP contribution in [0.3, 0.4) is 0 Å². The van der Waals surface area contributed by atoms with Gasteiger partial charge in [0.05, 0.1) is 7.11 Å². The largest absolute Gasteiger partial charge is 0.496 e. The maximum absolute atomic E-state index is 5.58. The third kappa shape index (κ3) is 3.23. The number of nitrogens with one attached hydrogen (secondary N) is 1. The molecular weight excluding hydrogens is 250 g/mol. The van der Waals surface area contributed by atoms with Crippen molar-refractivity contribution in [1.29, 1.82) is 0 Å². The second-order valence-corrected chi connectivity index (χ2v) is 5.28. The first-order valence-electron chi connectivity index (χ1n) is 6.95. The number of ether oxygens (including phenoxy) is 1. The molecule has 0 fully saturated rings. The molecule has 0 bridgehead atoms. The number of benzene rings is 1. The molecule has 1 aromatic heterocycles. The predicted octanol–water partition coefficient (Wildman–Crippen LogP) is 4.06. The zero-order valence-corrected chi connectivity index (χ0v) is 12.9. The minimum absolute atomic E-state index is 0.273. The van der Waals surface area contributed by atoms with Crippen LogP contribution in [-0.4, -0.2) is 7.11 Å². The molecular formula is C17H23NO2. The van der Waals surface area contributed by atoms with Crippen molar-refractivity contribution in [3.63, 3.8) is 0 Å². The van der Waals surface area contributed by atoms with E-state index in [4.69, 9.17) is 9.15 Å². The second kappa shape index (κ2) is 6.14. The zero-order chi connectivity index (χ0) is 14.7. The van der Waals surface area contributed by atoms with Gasteiger partial charge in [0, 0.05) is 18.2 Å². The van der Waals surface area contributed by atoms with E-state index in [1.165, 1.54) is 11.1 Å². The lowest BCUT2D eigenvalue weighted by Gasteiger charge is -2.14. The summed E-state index contributed by atoms with van der Waals surface area (Å²) in [6, 6.07) is 8.65. The maximum Gasteiger partial charge on any atom is 0.121 e. The van der Waals surface area contributed by atoms with Gasteiger partial charge < -0.3 is 14.5 Å². The van der Waals surface area contributed by atoms with E-state index < -0.39 is 0 Å². The van der Waals surface area contributed by atoms with E-state index in [9.17, 15) is 0 Å². The van der Waals surface area contributed by atoms with Gasteiger partial charge in [-0.25, -0.2) is 0 Å². The Morgan fingerprint density at radius 3 is 2.50 bits per heavy atom. The van der Waals surface area contributed by atoms with Gasteiger partial charge >= 0.3 is 0 Å². The fraction of sp³-hybridized carbons (Fsp3) is 0.412. The van der Waals surface area contributed by atoms with E-state index in [1.807, 2.05) is 19.9 Å². The first kappa shape index (κ1) is 14.7. The van der Waals surface area contributed by atoms with Crippen LogP contribution in [0.15, 0.2) is 28.7 Å². The van der Waals surface area contributed by atoms with Crippen molar-refractivity contribution in [2.45, 2.75) is 40.3 Å². The zero-order valence-electron chi connectivity index (χ0n) is 12.9. The van der Waals surface area contributed by atoms with Crippen molar-refractivity contribution >= 4 is 0 Å². The summed E-state index contributed by atoms with van der Waals surface area (Å²) in [7, 11) is 1.70.